The maximum absolute atomic E-state index is 11.9. The van der Waals surface area contributed by atoms with Crippen LogP contribution in [0.4, 0.5) is 0 Å². The molecule has 4 heteroatoms. The summed E-state index contributed by atoms with van der Waals surface area (Å²) < 4.78 is 0. The van der Waals surface area contributed by atoms with E-state index in [1.54, 1.807) is 0 Å². The first-order valence-corrected chi connectivity index (χ1v) is 7.39. The highest BCUT2D eigenvalue weighted by molar-refractivity contribution is 5.75. The Morgan fingerprint density at radius 2 is 1.83 bits per heavy atom. The number of carbonyl (C=O) groups is 1. The number of rotatable bonds is 5. The molecular weight excluding hydrogens is 228 g/mol. The van der Waals surface area contributed by atoms with Gasteiger partial charge in [0.2, 0.25) is 5.91 Å². The quantitative estimate of drug-likeness (QED) is 0.740. The molecule has 0 atom stereocenters. The Balaban J connectivity index is 1.74. The molecule has 18 heavy (non-hydrogen) atoms. The molecule has 0 radical (unpaired) electrons. The Bertz CT molecular complexity index is 269. The van der Waals surface area contributed by atoms with Crippen molar-refractivity contribution >= 4 is 5.91 Å². The van der Waals surface area contributed by atoms with Gasteiger partial charge in [-0.05, 0) is 37.6 Å². The molecule has 0 aromatic rings. The van der Waals surface area contributed by atoms with Gasteiger partial charge in [-0.3, -0.25) is 9.63 Å². The van der Waals surface area contributed by atoms with E-state index in [1.807, 2.05) is 0 Å². The van der Waals surface area contributed by atoms with E-state index >= 15 is 0 Å². The van der Waals surface area contributed by atoms with Crippen LogP contribution in [0.5, 0.6) is 0 Å². The fourth-order valence-electron chi connectivity index (χ4n) is 3.29. The van der Waals surface area contributed by atoms with E-state index in [4.69, 9.17) is 10.6 Å². The van der Waals surface area contributed by atoms with Crippen molar-refractivity contribution in [3.8, 4) is 0 Å². The molecule has 0 heterocycles. The predicted octanol–water partition coefficient (Wildman–Crippen LogP) is 2.28. The smallest absolute Gasteiger partial charge is 0.244 e. The monoisotopic (exact) mass is 254 g/mol. The molecule has 4 nitrogen and oxygen atoms in total. The summed E-state index contributed by atoms with van der Waals surface area (Å²) in [6.07, 6.45) is 11.2. The molecule has 0 unspecified atom stereocenters. The maximum Gasteiger partial charge on any atom is 0.244 e. The fraction of sp³-hybridized carbons (Fsp3) is 0.929. The number of hydrogen-bond acceptors (Lipinski definition) is 3. The lowest BCUT2D eigenvalue weighted by molar-refractivity contribution is -0.141. The molecule has 2 rings (SSSR count). The largest absolute Gasteiger partial charge is 0.330 e. The Morgan fingerprint density at radius 1 is 1.17 bits per heavy atom. The summed E-state index contributed by atoms with van der Waals surface area (Å²) in [5.41, 5.74) is 8.55. The zero-order valence-electron chi connectivity index (χ0n) is 11.2. The van der Waals surface area contributed by atoms with Gasteiger partial charge in [-0.15, -0.1) is 0 Å². The number of amides is 1. The lowest BCUT2D eigenvalue weighted by Gasteiger charge is -2.35. The summed E-state index contributed by atoms with van der Waals surface area (Å²) in [6, 6.07) is 0. The lowest BCUT2D eigenvalue weighted by Crippen LogP contribution is -2.39. The normalized spacial score (nSPS) is 24.1. The molecule has 0 aromatic carbocycles. The van der Waals surface area contributed by atoms with Crippen molar-refractivity contribution in [1.29, 1.82) is 0 Å². The molecule has 3 N–H and O–H groups in total. The standard InChI is InChI=1S/C14H26N2O2/c15-11-14(8-4-1-5-9-14)10-13(17)16-18-12-6-2-3-7-12/h12H,1-11,15H2,(H,16,17). The Morgan fingerprint density at radius 3 is 2.44 bits per heavy atom. The fourth-order valence-corrected chi connectivity index (χ4v) is 3.29. The van der Waals surface area contributed by atoms with Crippen LogP contribution < -0.4 is 11.2 Å². The number of hydroxylamine groups is 1. The average Bonchev–Trinajstić information content (AvgIpc) is 2.91. The third kappa shape index (κ3) is 3.69. The highest BCUT2D eigenvalue weighted by Gasteiger charge is 2.33. The number of nitrogens with two attached hydrogens (primary N) is 1. The van der Waals surface area contributed by atoms with E-state index in [0.29, 0.717) is 13.0 Å². The molecule has 2 aliphatic carbocycles. The minimum Gasteiger partial charge on any atom is -0.330 e. The maximum atomic E-state index is 11.9. The molecule has 0 saturated heterocycles. The summed E-state index contributed by atoms with van der Waals surface area (Å²) in [4.78, 5) is 17.4. The second kappa shape index (κ2) is 6.53. The van der Waals surface area contributed by atoms with E-state index in [2.05, 4.69) is 5.48 Å². The first-order valence-electron chi connectivity index (χ1n) is 7.39. The van der Waals surface area contributed by atoms with Crippen LogP contribution in [0.3, 0.4) is 0 Å². The Labute approximate surface area is 110 Å². The van der Waals surface area contributed by atoms with Crippen molar-refractivity contribution in [3.63, 3.8) is 0 Å². The van der Waals surface area contributed by atoms with Gasteiger partial charge in [-0.1, -0.05) is 32.1 Å². The zero-order chi connectivity index (χ0) is 12.8. The van der Waals surface area contributed by atoms with Crippen molar-refractivity contribution in [2.24, 2.45) is 11.1 Å². The van der Waals surface area contributed by atoms with Gasteiger partial charge in [0.25, 0.3) is 0 Å². The molecule has 0 spiro atoms. The molecule has 2 fully saturated rings. The average molecular weight is 254 g/mol. The molecule has 1 amide bonds. The van der Waals surface area contributed by atoms with E-state index < -0.39 is 0 Å². The second-order valence-electron chi connectivity index (χ2n) is 5.99. The number of nitrogens with one attached hydrogen (secondary N) is 1. The van der Waals surface area contributed by atoms with Gasteiger partial charge in [0, 0.05) is 6.42 Å². The van der Waals surface area contributed by atoms with Crippen LogP contribution in [-0.2, 0) is 9.63 Å². The number of carbonyl (C=O) groups excluding carboxylic acids is 1. The van der Waals surface area contributed by atoms with Gasteiger partial charge in [0.1, 0.15) is 0 Å². The van der Waals surface area contributed by atoms with Crippen molar-refractivity contribution in [2.75, 3.05) is 6.54 Å². The van der Waals surface area contributed by atoms with Crippen molar-refractivity contribution < 1.29 is 9.63 Å². The van der Waals surface area contributed by atoms with Gasteiger partial charge in [-0.2, -0.15) is 0 Å². The molecule has 0 bridgehead atoms. The van der Waals surface area contributed by atoms with Crippen LogP contribution in [-0.4, -0.2) is 18.6 Å². The van der Waals surface area contributed by atoms with E-state index in [-0.39, 0.29) is 17.4 Å². The van der Waals surface area contributed by atoms with Crippen molar-refractivity contribution in [2.45, 2.75) is 70.3 Å². The summed E-state index contributed by atoms with van der Waals surface area (Å²) in [5.74, 6) is 0.00856. The molecule has 0 aliphatic heterocycles. The highest BCUT2D eigenvalue weighted by Crippen LogP contribution is 2.38. The third-order valence-corrected chi connectivity index (χ3v) is 4.52. The number of hydrogen-bond donors (Lipinski definition) is 2. The first kappa shape index (κ1) is 13.8. The van der Waals surface area contributed by atoms with E-state index in [0.717, 1.165) is 25.7 Å². The summed E-state index contributed by atoms with van der Waals surface area (Å²) in [6.45, 7) is 0.615. The minimum atomic E-state index is 0.00856. The first-order chi connectivity index (χ1) is 8.74. The molecule has 2 saturated carbocycles. The van der Waals surface area contributed by atoms with Gasteiger partial charge < -0.3 is 5.73 Å². The van der Waals surface area contributed by atoms with Crippen molar-refractivity contribution in [3.05, 3.63) is 0 Å². The van der Waals surface area contributed by atoms with Crippen LogP contribution in [0.15, 0.2) is 0 Å². The predicted molar refractivity (Wildman–Crippen MR) is 70.7 cm³/mol. The SMILES string of the molecule is NCC1(CC(=O)NOC2CCCC2)CCCCC1. The molecule has 2 aliphatic rings. The van der Waals surface area contributed by atoms with E-state index in [9.17, 15) is 4.79 Å². The van der Waals surface area contributed by atoms with Crippen molar-refractivity contribution in [1.82, 2.24) is 5.48 Å². The van der Waals surface area contributed by atoms with Gasteiger partial charge in [-0.25, -0.2) is 5.48 Å². The molecule has 0 aromatic heterocycles. The van der Waals surface area contributed by atoms with Crippen LogP contribution in [0.1, 0.15) is 64.2 Å². The molecular formula is C14H26N2O2. The summed E-state index contributed by atoms with van der Waals surface area (Å²) in [7, 11) is 0. The van der Waals surface area contributed by atoms with Gasteiger partial charge in [0.05, 0.1) is 6.10 Å². The minimum absolute atomic E-state index is 0.00856. The third-order valence-electron chi connectivity index (χ3n) is 4.52. The van der Waals surface area contributed by atoms with Crippen LogP contribution in [0, 0.1) is 5.41 Å². The zero-order valence-corrected chi connectivity index (χ0v) is 11.2. The van der Waals surface area contributed by atoms with Gasteiger partial charge >= 0.3 is 0 Å². The lowest BCUT2D eigenvalue weighted by atomic mass is 9.72. The topological polar surface area (TPSA) is 64.4 Å². The van der Waals surface area contributed by atoms with E-state index in [1.165, 1.54) is 32.1 Å². The van der Waals surface area contributed by atoms with Crippen LogP contribution in [0.25, 0.3) is 0 Å². The van der Waals surface area contributed by atoms with Gasteiger partial charge in [0.15, 0.2) is 0 Å². The Kier molecular flexibility index (Phi) is 5.01. The highest BCUT2D eigenvalue weighted by atomic mass is 16.7. The summed E-state index contributed by atoms with van der Waals surface area (Å²) in [5, 5.41) is 0. The molecule has 104 valence electrons. The van der Waals surface area contributed by atoms with Crippen LogP contribution >= 0.6 is 0 Å². The second-order valence-corrected chi connectivity index (χ2v) is 5.99. The Hall–Kier alpha value is -0.610. The summed E-state index contributed by atoms with van der Waals surface area (Å²) >= 11 is 0. The van der Waals surface area contributed by atoms with Crippen LogP contribution in [0.2, 0.25) is 0 Å².